The highest BCUT2D eigenvalue weighted by Crippen LogP contribution is 2.19. The molecule has 0 amide bonds. The molecule has 128 valence electrons. The second-order valence-electron chi connectivity index (χ2n) is 5.79. The number of hydrogen-bond acceptors (Lipinski definition) is 4. The van der Waals surface area contributed by atoms with Crippen molar-refractivity contribution < 1.29 is 14.3 Å². The summed E-state index contributed by atoms with van der Waals surface area (Å²) in [6.07, 6.45) is 8.03. The van der Waals surface area contributed by atoms with Crippen molar-refractivity contribution in [3.63, 3.8) is 0 Å². The zero-order valence-corrected chi connectivity index (χ0v) is 14.2. The third kappa shape index (κ3) is 7.64. The van der Waals surface area contributed by atoms with Gasteiger partial charge in [0.1, 0.15) is 0 Å². The Hall–Kier alpha value is -1.30. The van der Waals surface area contributed by atoms with Gasteiger partial charge in [-0.2, -0.15) is 0 Å². The van der Waals surface area contributed by atoms with Crippen LogP contribution in [0.4, 0.5) is 0 Å². The lowest BCUT2D eigenvalue weighted by molar-refractivity contribution is -0.144. The Morgan fingerprint density at radius 3 is 2.50 bits per heavy atom. The van der Waals surface area contributed by atoms with Gasteiger partial charge in [0, 0.05) is 20.1 Å². The van der Waals surface area contributed by atoms with Crippen molar-refractivity contribution in [1.82, 2.24) is 10.6 Å². The largest absolute Gasteiger partial charge is 0.469 e. The van der Waals surface area contributed by atoms with E-state index >= 15 is 0 Å². The first-order valence-electron chi connectivity index (χ1n) is 8.31. The monoisotopic (exact) mass is 313 g/mol. The number of nitrogens with one attached hydrogen (secondary N) is 2. The molecule has 22 heavy (non-hydrogen) atoms. The lowest BCUT2D eigenvalue weighted by Gasteiger charge is -2.17. The summed E-state index contributed by atoms with van der Waals surface area (Å²) in [6.45, 7) is 3.71. The number of guanidine groups is 1. The van der Waals surface area contributed by atoms with E-state index in [0.29, 0.717) is 31.8 Å². The van der Waals surface area contributed by atoms with E-state index in [4.69, 9.17) is 9.47 Å². The SMILES string of the molecule is CN=C(NCCOC1CCCCCC1)NCC(C)C(=O)OC. The highest BCUT2D eigenvalue weighted by Gasteiger charge is 2.14. The molecular formula is C16H31N3O3. The van der Waals surface area contributed by atoms with E-state index in [-0.39, 0.29) is 11.9 Å². The number of carbonyl (C=O) groups excluding carboxylic acids is 1. The van der Waals surface area contributed by atoms with Crippen LogP contribution in [0.5, 0.6) is 0 Å². The van der Waals surface area contributed by atoms with Crippen LogP contribution in [-0.2, 0) is 14.3 Å². The predicted octanol–water partition coefficient (Wildman–Crippen LogP) is 1.70. The fourth-order valence-electron chi connectivity index (χ4n) is 2.56. The van der Waals surface area contributed by atoms with Crippen LogP contribution in [0.2, 0.25) is 0 Å². The van der Waals surface area contributed by atoms with Gasteiger partial charge in [-0.3, -0.25) is 9.79 Å². The van der Waals surface area contributed by atoms with Gasteiger partial charge in [-0.05, 0) is 12.8 Å². The van der Waals surface area contributed by atoms with E-state index in [1.165, 1.54) is 45.6 Å². The summed E-state index contributed by atoms with van der Waals surface area (Å²) in [6, 6.07) is 0. The molecular weight excluding hydrogens is 282 g/mol. The number of rotatable bonds is 7. The third-order valence-electron chi connectivity index (χ3n) is 3.95. The summed E-state index contributed by atoms with van der Waals surface area (Å²) in [5, 5.41) is 6.31. The van der Waals surface area contributed by atoms with Crippen LogP contribution in [0.3, 0.4) is 0 Å². The van der Waals surface area contributed by atoms with Gasteiger partial charge in [-0.25, -0.2) is 0 Å². The molecule has 1 atom stereocenters. The summed E-state index contributed by atoms with van der Waals surface area (Å²) in [7, 11) is 3.11. The average Bonchev–Trinajstić information content (AvgIpc) is 2.81. The highest BCUT2D eigenvalue weighted by atomic mass is 16.5. The molecule has 0 aromatic heterocycles. The summed E-state index contributed by atoms with van der Waals surface area (Å²) >= 11 is 0. The summed E-state index contributed by atoms with van der Waals surface area (Å²) in [5.74, 6) is 0.255. The molecule has 1 saturated carbocycles. The minimum atomic E-state index is -0.223. The molecule has 1 rings (SSSR count). The Bertz CT molecular complexity index is 340. The summed E-state index contributed by atoms with van der Waals surface area (Å²) in [4.78, 5) is 15.5. The molecule has 0 heterocycles. The number of hydrogen-bond donors (Lipinski definition) is 2. The van der Waals surface area contributed by atoms with Gasteiger partial charge in [0.05, 0.1) is 25.7 Å². The highest BCUT2D eigenvalue weighted by molar-refractivity contribution is 5.80. The maximum atomic E-state index is 11.3. The van der Waals surface area contributed by atoms with Crippen LogP contribution in [0.25, 0.3) is 0 Å². The molecule has 6 nitrogen and oxygen atoms in total. The van der Waals surface area contributed by atoms with Gasteiger partial charge in [-0.1, -0.05) is 32.6 Å². The normalized spacial score (nSPS) is 18.4. The molecule has 2 N–H and O–H groups in total. The first-order chi connectivity index (χ1) is 10.7. The Morgan fingerprint density at radius 2 is 1.91 bits per heavy atom. The van der Waals surface area contributed by atoms with Crippen LogP contribution < -0.4 is 10.6 Å². The van der Waals surface area contributed by atoms with Crippen molar-refractivity contribution in [1.29, 1.82) is 0 Å². The molecule has 6 heteroatoms. The lowest BCUT2D eigenvalue weighted by atomic mass is 10.1. The smallest absolute Gasteiger partial charge is 0.310 e. The molecule has 0 spiro atoms. The third-order valence-corrected chi connectivity index (χ3v) is 3.95. The molecule has 0 aromatic carbocycles. The molecule has 0 radical (unpaired) electrons. The topological polar surface area (TPSA) is 72.0 Å². The maximum Gasteiger partial charge on any atom is 0.310 e. The van der Waals surface area contributed by atoms with Gasteiger partial charge in [0.25, 0.3) is 0 Å². The number of aliphatic imine (C=N–C) groups is 1. The van der Waals surface area contributed by atoms with E-state index in [1.54, 1.807) is 7.05 Å². The van der Waals surface area contributed by atoms with Crippen molar-refractivity contribution in [2.45, 2.75) is 51.6 Å². The number of nitrogens with zero attached hydrogens (tertiary/aromatic N) is 1. The summed E-state index contributed by atoms with van der Waals surface area (Å²) < 4.78 is 10.6. The zero-order valence-electron chi connectivity index (χ0n) is 14.2. The molecule has 1 fully saturated rings. The second-order valence-corrected chi connectivity index (χ2v) is 5.79. The van der Waals surface area contributed by atoms with Crippen molar-refractivity contribution in [3.8, 4) is 0 Å². The van der Waals surface area contributed by atoms with Crippen LogP contribution in [0.1, 0.15) is 45.4 Å². The standard InChI is InChI=1S/C16H31N3O3/c1-13(15(20)21-3)12-19-16(17-2)18-10-11-22-14-8-6-4-5-7-9-14/h13-14H,4-12H2,1-3H3,(H2,17,18,19). The van der Waals surface area contributed by atoms with E-state index in [0.717, 1.165) is 0 Å². The minimum absolute atomic E-state index is 0.203. The fraction of sp³-hybridized carbons (Fsp3) is 0.875. The zero-order chi connectivity index (χ0) is 16.2. The van der Waals surface area contributed by atoms with Gasteiger partial charge < -0.3 is 20.1 Å². The van der Waals surface area contributed by atoms with Crippen molar-refractivity contribution in [2.75, 3.05) is 33.9 Å². The fourth-order valence-corrected chi connectivity index (χ4v) is 2.56. The van der Waals surface area contributed by atoms with Crippen LogP contribution in [-0.4, -0.2) is 51.9 Å². The number of carbonyl (C=O) groups is 1. The van der Waals surface area contributed by atoms with Gasteiger partial charge in [0.15, 0.2) is 5.96 Å². The number of methoxy groups -OCH3 is 1. The number of esters is 1. The molecule has 0 aromatic rings. The predicted molar refractivity (Wildman–Crippen MR) is 88.0 cm³/mol. The molecule has 1 unspecified atom stereocenters. The minimum Gasteiger partial charge on any atom is -0.469 e. The van der Waals surface area contributed by atoms with Crippen LogP contribution in [0.15, 0.2) is 4.99 Å². The van der Waals surface area contributed by atoms with E-state index < -0.39 is 0 Å². The maximum absolute atomic E-state index is 11.3. The molecule has 0 bridgehead atoms. The van der Waals surface area contributed by atoms with Gasteiger partial charge in [0.2, 0.25) is 0 Å². The Balaban J connectivity index is 2.14. The van der Waals surface area contributed by atoms with E-state index in [1.807, 2.05) is 6.92 Å². The molecule has 0 saturated heterocycles. The molecule has 0 aliphatic heterocycles. The van der Waals surface area contributed by atoms with Gasteiger partial charge in [-0.15, -0.1) is 0 Å². The summed E-state index contributed by atoms with van der Waals surface area (Å²) in [5.41, 5.74) is 0. The van der Waals surface area contributed by atoms with Crippen molar-refractivity contribution in [2.24, 2.45) is 10.9 Å². The van der Waals surface area contributed by atoms with Gasteiger partial charge >= 0.3 is 5.97 Å². The molecule has 1 aliphatic rings. The van der Waals surface area contributed by atoms with Crippen molar-refractivity contribution >= 4 is 11.9 Å². The Morgan fingerprint density at radius 1 is 1.23 bits per heavy atom. The van der Waals surface area contributed by atoms with E-state index in [9.17, 15) is 4.79 Å². The van der Waals surface area contributed by atoms with E-state index in [2.05, 4.69) is 15.6 Å². The quantitative estimate of drug-likeness (QED) is 0.246. The van der Waals surface area contributed by atoms with Crippen LogP contribution in [0, 0.1) is 5.92 Å². The lowest BCUT2D eigenvalue weighted by Crippen LogP contribution is -2.42. The second kappa shape index (κ2) is 11.3. The Kier molecular flexibility index (Phi) is 9.62. The number of ether oxygens (including phenoxy) is 2. The first kappa shape index (κ1) is 18.7. The first-order valence-corrected chi connectivity index (χ1v) is 8.31. The van der Waals surface area contributed by atoms with Crippen LogP contribution >= 0.6 is 0 Å². The van der Waals surface area contributed by atoms with Crippen molar-refractivity contribution in [3.05, 3.63) is 0 Å². The Labute approximate surface area is 134 Å². The molecule has 1 aliphatic carbocycles. The average molecular weight is 313 g/mol.